The molecule has 0 atom stereocenters. The summed E-state index contributed by atoms with van der Waals surface area (Å²) in [7, 11) is -3.46. The number of piperazine rings is 1. The zero-order valence-corrected chi connectivity index (χ0v) is 15.9. The molecule has 0 amide bonds. The van der Waals surface area contributed by atoms with Crippen LogP contribution in [0, 0.1) is 5.82 Å². The second-order valence-electron chi connectivity index (χ2n) is 6.43. The van der Waals surface area contributed by atoms with E-state index in [0.717, 1.165) is 31.7 Å². The summed E-state index contributed by atoms with van der Waals surface area (Å²) >= 11 is 0. The molecule has 27 heavy (non-hydrogen) atoms. The number of hydrogen-bond donors (Lipinski definition) is 1. The molecule has 144 valence electrons. The topological polar surface area (TPSA) is 52.7 Å². The number of sulfonamides is 1. The maximum atomic E-state index is 13.9. The van der Waals surface area contributed by atoms with Crippen molar-refractivity contribution in [2.75, 3.05) is 44.2 Å². The largest absolute Gasteiger partial charge is 0.367 e. The lowest BCUT2D eigenvalue weighted by Crippen LogP contribution is -2.48. The summed E-state index contributed by atoms with van der Waals surface area (Å²) < 4.78 is 40.6. The van der Waals surface area contributed by atoms with Crippen molar-refractivity contribution in [3.05, 3.63) is 71.4 Å². The highest BCUT2D eigenvalue weighted by Gasteiger charge is 2.19. The van der Waals surface area contributed by atoms with Crippen LogP contribution in [0.5, 0.6) is 0 Å². The second-order valence-corrected chi connectivity index (χ2v) is 8.08. The molecule has 5 nitrogen and oxygen atoms in total. The van der Waals surface area contributed by atoms with Gasteiger partial charge in [0, 0.05) is 44.7 Å². The molecular weight excluding hydrogens is 365 g/mol. The zero-order chi connectivity index (χ0) is 19.1. The summed E-state index contributed by atoms with van der Waals surface area (Å²) in [6.07, 6.45) is 1.58. The molecule has 1 saturated heterocycles. The van der Waals surface area contributed by atoms with Gasteiger partial charge in [-0.3, -0.25) is 4.90 Å². The molecule has 2 aromatic carbocycles. The highest BCUT2D eigenvalue weighted by Crippen LogP contribution is 2.19. The third-order valence-electron chi connectivity index (χ3n) is 4.54. The number of anilines is 1. The number of halogens is 1. The fraction of sp³-hybridized carbons (Fsp3) is 0.300. The number of benzene rings is 2. The third-order valence-corrected chi connectivity index (χ3v) is 5.64. The number of para-hydroxylation sites is 1. The van der Waals surface area contributed by atoms with E-state index < -0.39 is 10.0 Å². The van der Waals surface area contributed by atoms with Gasteiger partial charge in [-0.05, 0) is 23.8 Å². The molecule has 0 aromatic heterocycles. The lowest BCUT2D eigenvalue weighted by molar-refractivity contribution is 0.261. The first kappa shape index (κ1) is 19.5. The minimum atomic E-state index is -3.46. The Kier molecular flexibility index (Phi) is 6.60. The minimum Gasteiger partial charge on any atom is -0.367 e. The van der Waals surface area contributed by atoms with Crippen LogP contribution in [-0.2, 0) is 10.0 Å². The molecule has 1 fully saturated rings. The smallest absolute Gasteiger partial charge is 0.233 e. The van der Waals surface area contributed by atoms with Crippen molar-refractivity contribution in [3.8, 4) is 0 Å². The molecular formula is C20H24FN3O2S. The normalized spacial score (nSPS) is 16.1. The minimum absolute atomic E-state index is 0.205. The van der Waals surface area contributed by atoms with E-state index in [1.54, 1.807) is 18.2 Å². The number of nitrogens with zero attached hydrogens (tertiary/aromatic N) is 2. The molecule has 1 aliphatic heterocycles. The van der Waals surface area contributed by atoms with E-state index in [2.05, 4.69) is 9.62 Å². The van der Waals surface area contributed by atoms with E-state index in [1.807, 2.05) is 41.3 Å². The fourth-order valence-corrected chi connectivity index (χ4v) is 3.86. The first-order valence-electron chi connectivity index (χ1n) is 8.98. The molecule has 0 radical (unpaired) electrons. The summed E-state index contributed by atoms with van der Waals surface area (Å²) in [4.78, 5) is 4.21. The lowest BCUT2D eigenvalue weighted by Gasteiger charge is -2.36. The first-order chi connectivity index (χ1) is 13.0. The molecule has 1 heterocycles. The van der Waals surface area contributed by atoms with E-state index in [-0.39, 0.29) is 5.82 Å². The van der Waals surface area contributed by atoms with Gasteiger partial charge in [0.2, 0.25) is 10.0 Å². The van der Waals surface area contributed by atoms with E-state index in [4.69, 9.17) is 0 Å². The molecule has 7 heteroatoms. The standard InChI is InChI=1S/C20H24FN3O2S/c21-19-8-4-5-9-20(19)24-15-13-23(14-16-24)12-11-22-27(25,26)17-10-18-6-2-1-3-7-18/h1-10,17,22H,11-16H2/b17-10+. The van der Waals surface area contributed by atoms with E-state index in [9.17, 15) is 12.8 Å². The molecule has 0 unspecified atom stereocenters. The fourth-order valence-electron chi connectivity index (χ4n) is 3.05. The molecule has 1 N–H and O–H groups in total. The Labute approximate surface area is 160 Å². The number of nitrogens with one attached hydrogen (secondary N) is 1. The van der Waals surface area contributed by atoms with Crippen molar-refractivity contribution in [2.24, 2.45) is 0 Å². The van der Waals surface area contributed by atoms with Gasteiger partial charge in [0.1, 0.15) is 5.82 Å². The van der Waals surface area contributed by atoms with Gasteiger partial charge in [-0.1, -0.05) is 42.5 Å². The maximum Gasteiger partial charge on any atom is 0.233 e. The van der Waals surface area contributed by atoms with Crippen LogP contribution in [0.15, 0.2) is 60.0 Å². The first-order valence-corrected chi connectivity index (χ1v) is 10.5. The molecule has 3 rings (SSSR count). The van der Waals surface area contributed by atoms with Gasteiger partial charge in [-0.25, -0.2) is 17.5 Å². The monoisotopic (exact) mass is 389 g/mol. The van der Waals surface area contributed by atoms with Gasteiger partial charge in [0.05, 0.1) is 5.69 Å². The summed E-state index contributed by atoms with van der Waals surface area (Å²) in [6.45, 7) is 3.97. The van der Waals surface area contributed by atoms with Crippen LogP contribution in [0.2, 0.25) is 0 Å². The Morgan fingerprint density at radius 2 is 1.63 bits per heavy atom. The van der Waals surface area contributed by atoms with Gasteiger partial charge < -0.3 is 4.90 Å². The van der Waals surface area contributed by atoms with Crippen molar-refractivity contribution < 1.29 is 12.8 Å². The maximum absolute atomic E-state index is 13.9. The van der Waals surface area contributed by atoms with E-state index >= 15 is 0 Å². The summed E-state index contributed by atoms with van der Waals surface area (Å²) in [6, 6.07) is 16.1. The van der Waals surface area contributed by atoms with Crippen LogP contribution in [0.25, 0.3) is 6.08 Å². The van der Waals surface area contributed by atoms with Gasteiger partial charge in [0.25, 0.3) is 0 Å². The predicted octanol–water partition coefficient (Wildman–Crippen LogP) is 2.54. The van der Waals surface area contributed by atoms with Crippen LogP contribution >= 0.6 is 0 Å². The Morgan fingerprint density at radius 3 is 2.33 bits per heavy atom. The highest BCUT2D eigenvalue weighted by molar-refractivity contribution is 7.92. The number of hydrogen-bond acceptors (Lipinski definition) is 4. The van der Waals surface area contributed by atoms with Gasteiger partial charge in [-0.15, -0.1) is 0 Å². The van der Waals surface area contributed by atoms with E-state index in [1.165, 1.54) is 11.5 Å². The average Bonchev–Trinajstić information content (AvgIpc) is 2.68. The van der Waals surface area contributed by atoms with Gasteiger partial charge in [-0.2, -0.15) is 0 Å². The highest BCUT2D eigenvalue weighted by atomic mass is 32.2. The average molecular weight is 389 g/mol. The van der Waals surface area contributed by atoms with Crippen LogP contribution in [0.1, 0.15) is 5.56 Å². The molecule has 0 aliphatic carbocycles. The molecule has 0 saturated carbocycles. The summed E-state index contributed by atoms with van der Waals surface area (Å²) in [5, 5.41) is 1.19. The predicted molar refractivity (Wildman–Crippen MR) is 107 cm³/mol. The van der Waals surface area contributed by atoms with Crippen LogP contribution in [0.4, 0.5) is 10.1 Å². The Balaban J connectivity index is 1.42. The Morgan fingerprint density at radius 1 is 0.963 bits per heavy atom. The van der Waals surface area contributed by atoms with Gasteiger partial charge in [0.15, 0.2) is 0 Å². The summed E-state index contributed by atoms with van der Waals surface area (Å²) in [5.41, 5.74) is 1.47. The van der Waals surface area contributed by atoms with Gasteiger partial charge >= 0.3 is 0 Å². The molecule has 1 aliphatic rings. The Hall–Kier alpha value is -2.22. The third kappa shape index (κ3) is 5.89. The van der Waals surface area contributed by atoms with Crippen LogP contribution in [-0.4, -0.2) is 52.6 Å². The SMILES string of the molecule is O=S(=O)(/C=C/c1ccccc1)NCCN1CCN(c2ccccc2F)CC1. The van der Waals surface area contributed by atoms with Crippen LogP contribution in [0.3, 0.4) is 0 Å². The molecule has 0 bridgehead atoms. The molecule has 0 spiro atoms. The Bertz CT molecular complexity index is 864. The second kappa shape index (κ2) is 9.12. The lowest BCUT2D eigenvalue weighted by atomic mass is 10.2. The van der Waals surface area contributed by atoms with Crippen molar-refractivity contribution in [1.82, 2.24) is 9.62 Å². The quantitative estimate of drug-likeness (QED) is 0.791. The zero-order valence-electron chi connectivity index (χ0n) is 15.1. The van der Waals surface area contributed by atoms with E-state index in [0.29, 0.717) is 18.8 Å². The number of rotatable bonds is 7. The van der Waals surface area contributed by atoms with Crippen molar-refractivity contribution in [1.29, 1.82) is 0 Å². The summed E-state index contributed by atoms with van der Waals surface area (Å²) in [5.74, 6) is -0.205. The van der Waals surface area contributed by atoms with Crippen LogP contribution < -0.4 is 9.62 Å². The van der Waals surface area contributed by atoms with Crippen molar-refractivity contribution in [3.63, 3.8) is 0 Å². The molecule has 2 aromatic rings. The van der Waals surface area contributed by atoms with Crippen molar-refractivity contribution in [2.45, 2.75) is 0 Å². The van der Waals surface area contributed by atoms with Crippen molar-refractivity contribution >= 4 is 21.8 Å².